The molecule has 2 rings (SSSR count). The van der Waals surface area contributed by atoms with Crippen LogP contribution in [0.5, 0.6) is 0 Å². The fourth-order valence-corrected chi connectivity index (χ4v) is 2.02. The maximum Gasteiger partial charge on any atom is 0.128 e. The second kappa shape index (κ2) is 5.63. The van der Waals surface area contributed by atoms with Crippen LogP contribution in [0.3, 0.4) is 0 Å². The number of oxime groups is 1. The van der Waals surface area contributed by atoms with Crippen molar-refractivity contribution >= 4 is 12.0 Å². The smallest absolute Gasteiger partial charge is 0.128 e. The Hall–Kier alpha value is -1.62. The van der Waals surface area contributed by atoms with Gasteiger partial charge in [-0.2, -0.15) is 0 Å². The third kappa shape index (κ3) is 2.94. The molecule has 0 amide bonds. The molecule has 1 aromatic heterocycles. The van der Waals surface area contributed by atoms with Crippen molar-refractivity contribution in [3.63, 3.8) is 0 Å². The van der Waals surface area contributed by atoms with Gasteiger partial charge in [-0.1, -0.05) is 12.1 Å². The van der Waals surface area contributed by atoms with Gasteiger partial charge in [-0.3, -0.25) is 0 Å². The van der Waals surface area contributed by atoms with E-state index in [2.05, 4.69) is 26.9 Å². The van der Waals surface area contributed by atoms with Crippen molar-refractivity contribution in [2.24, 2.45) is 5.16 Å². The van der Waals surface area contributed by atoms with E-state index < -0.39 is 0 Å². The average molecular weight is 234 g/mol. The summed E-state index contributed by atoms with van der Waals surface area (Å²) in [4.78, 5) is 9.09. The van der Waals surface area contributed by atoms with Gasteiger partial charge < -0.3 is 15.0 Å². The Morgan fingerprint density at radius 3 is 2.65 bits per heavy atom. The van der Waals surface area contributed by atoms with Crippen molar-refractivity contribution in [1.82, 2.24) is 9.88 Å². The molecule has 1 aliphatic rings. The first-order valence-corrected chi connectivity index (χ1v) is 5.94. The lowest BCUT2D eigenvalue weighted by atomic mass is 10.2. The van der Waals surface area contributed by atoms with Gasteiger partial charge in [0.25, 0.3) is 0 Å². The van der Waals surface area contributed by atoms with Crippen LogP contribution < -0.4 is 4.90 Å². The number of nitrogens with zero attached hydrogens (tertiary/aromatic N) is 4. The molecular formula is C12H18N4O. The van der Waals surface area contributed by atoms with Crippen LogP contribution >= 0.6 is 0 Å². The number of anilines is 1. The Balaban J connectivity index is 1.98. The van der Waals surface area contributed by atoms with E-state index in [1.54, 1.807) is 6.20 Å². The molecule has 1 fully saturated rings. The van der Waals surface area contributed by atoms with Crippen molar-refractivity contribution in [1.29, 1.82) is 0 Å². The summed E-state index contributed by atoms with van der Waals surface area (Å²) in [5.41, 5.74) is 0.809. The number of aromatic nitrogens is 1. The van der Waals surface area contributed by atoms with Gasteiger partial charge in [0.05, 0.1) is 6.21 Å². The van der Waals surface area contributed by atoms with Crippen LogP contribution in [0.25, 0.3) is 0 Å². The predicted octanol–water partition coefficient (Wildman–Crippen LogP) is 1.03. The van der Waals surface area contributed by atoms with E-state index in [0.717, 1.165) is 44.1 Å². The highest BCUT2D eigenvalue weighted by atomic mass is 16.4. The Bertz CT molecular complexity index is 369. The van der Waals surface area contributed by atoms with Gasteiger partial charge >= 0.3 is 0 Å². The zero-order valence-corrected chi connectivity index (χ0v) is 10.1. The van der Waals surface area contributed by atoms with Gasteiger partial charge in [-0.25, -0.2) is 4.98 Å². The molecule has 1 aromatic rings. The number of likely N-dealkylation sites (N-methyl/N-ethyl adjacent to an activating group) is 1. The maximum absolute atomic E-state index is 8.42. The second-order valence-electron chi connectivity index (χ2n) is 4.12. The molecule has 0 aromatic carbocycles. The molecule has 0 unspecified atom stereocenters. The number of piperazine rings is 1. The molecule has 1 saturated heterocycles. The minimum atomic E-state index is 0.809. The van der Waals surface area contributed by atoms with Crippen molar-refractivity contribution in [2.45, 2.75) is 6.92 Å². The zero-order valence-electron chi connectivity index (χ0n) is 10.1. The van der Waals surface area contributed by atoms with E-state index in [-0.39, 0.29) is 0 Å². The fourth-order valence-electron chi connectivity index (χ4n) is 2.02. The maximum atomic E-state index is 8.42. The number of hydrogen-bond acceptors (Lipinski definition) is 5. The van der Waals surface area contributed by atoms with Gasteiger partial charge in [0.15, 0.2) is 0 Å². The Labute approximate surface area is 101 Å². The van der Waals surface area contributed by atoms with E-state index in [1.807, 2.05) is 12.1 Å². The van der Waals surface area contributed by atoms with Gasteiger partial charge in [0, 0.05) is 37.9 Å². The van der Waals surface area contributed by atoms with Crippen molar-refractivity contribution in [3.05, 3.63) is 23.9 Å². The van der Waals surface area contributed by atoms with Crippen LogP contribution in [0, 0.1) is 0 Å². The van der Waals surface area contributed by atoms with Crippen molar-refractivity contribution in [2.75, 3.05) is 37.6 Å². The quantitative estimate of drug-likeness (QED) is 0.482. The summed E-state index contributed by atoms with van der Waals surface area (Å²) >= 11 is 0. The molecule has 0 atom stereocenters. The van der Waals surface area contributed by atoms with Crippen molar-refractivity contribution in [3.8, 4) is 0 Å². The van der Waals surface area contributed by atoms with Crippen LogP contribution in [-0.2, 0) is 0 Å². The second-order valence-corrected chi connectivity index (χ2v) is 4.12. The van der Waals surface area contributed by atoms with Crippen LogP contribution in [0.2, 0.25) is 0 Å². The molecule has 0 radical (unpaired) electrons. The lowest BCUT2D eigenvalue weighted by Gasteiger charge is -2.34. The summed E-state index contributed by atoms with van der Waals surface area (Å²) in [6.07, 6.45) is 3.10. The third-order valence-corrected chi connectivity index (χ3v) is 3.12. The molecule has 1 aliphatic heterocycles. The Morgan fingerprint density at radius 1 is 1.35 bits per heavy atom. The molecule has 0 aliphatic carbocycles. The van der Waals surface area contributed by atoms with Gasteiger partial charge in [0.1, 0.15) is 5.82 Å². The standard InChI is InChI=1S/C12H18N4O/c1-2-15-5-7-16(8-6-15)12-4-3-11(9-13-12)10-14-17/h3-4,9-10,17H,2,5-8H2,1H3/b14-10+. The molecule has 0 bridgehead atoms. The number of rotatable bonds is 3. The Kier molecular flexibility index (Phi) is 3.93. The van der Waals surface area contributed by atoms with E-state index in [0.29, 0.717) is 0 Å². The van der Waals surface area contributed by atoms with E-state index in [9.17, 15) is 0 Å². The van der Waals surface area contributed by atoms with Gasteiger partial charge in [-0.15, -0.1) is 0 Å². The molecule has 92 valence electrons. The largest absolute Gasteiger partial charge is 0.411 e. The summed E-state index contributed by atoms with van der Waals surface area (Å²) in [6, 6.07) is 3.88. The van der Waals surface area contributed by atoms with Crippen LogP contribution in [0.15, 0.2) is 23.5 Å². The first-order valence-electron chi connectivity index (χ1n) is 5.94. The minimum Gasteiger partial charge on any atom is -0.411 e. The SMILES string of the molecule is CCN1CCN(c2ccc(/C=N/O)cn2)CC1. The number of pyridine rings is 1. The van der Waals surface area contributed by atoms with Gasteiger partial charge in [-0.05, 0) is 18.7 Å². The van der Waals surface area contributed by atoms with E-state index in [4.69, 9.17) is 5.21 Å². The molecule has 1 N–H and O–H groups in total. The number of hydrogen-bond donors (Lipinski definition) is 1. The third-order valence-electron chi connectivity index (χ3n) is 3.12. The summed E-state index contributed by atoms with van der Waals surface area (Å²) in [7, 11) is 0. The van der Waals surface area contributed by atoms with Crippen molar-refractivity contribution < 1.29 is 5.21 Å². The highest BCUT2D eigenvalue weighted by Crippen LogP contribution is 2.13. The molecule has 2 heterocycles. The summed E-state index contributed by atoms with van der Waals surface area (Å²) in [6.45, 7) is 7.54. The molecule has 0 spiro atoms. The molecule has 0 saturated carbocycles. The molecular weight excluding hydrogens is 216 g/mol. The topological polar surface area (TPSA) is 52.0 Å². The zero-order chi connectivity index (χ0) is 12.1. The summed E-state index contributed by atoms with van der Waals surface area (Å²) < 4.78 is 0. The highest BCUT2D eigenvalue weighted by molar-refractivity contribution is 5.78. The lowest BCUT2D eigenvalue weighted by molar-refractivity contribution is 0.270. The monoisotopic (exact) mass is 234 g/mol. The predicted molar refractivity (Wildman–Crippen MR) is 67.9 cm³/mol. The summed E-state index contributed by atoms with van der Waals surface area (Å²) in [5.74, 6) is 0.996. The van der Waals surface area contributed by atoms with Gasteiger partial charge in [0.2, 0.25) is 0 Å². The average Bonchev–Trinajstić information content (AvgIpc) is 2.40. The first kappa shape index (κ1) is 11.9. The Morgan fingerprint density at radius 2 is 2.12 bits per heavy atom. The molecule has 5 nitrogen and oxygen atoms in total. The first-order chi connectivity index (χ1) is 8.33. The van der Waals surface area contributed by atoms with Crippen LogP contribution in [-0.4, -0.2) is 54.0 Å². The molecule has 17 heavy (non-hydrogen) atoms. The van der Waals surface area contributed by atoms with Crippen LogP contribution in [0.4, 0.5) is 5.82 Å². The molecule has 5 heteroatoms. The normalized spacial score (nSPS) is 17.8. The minimum absolute atomic E-state index is 0.809. The van der Waals surface area contributed by atoms with E-state index in [1.165, 1.54) is 6.21 Å². The highest BCUT2D eigenvalue weighted by Gasteiger charge is 2.16. The lowest BCUT2D eigenvalue weighted by Crippen LogP contribution is -2.46. The van der Waals surface area contributed by atoms with Crippen LogP contribution in [0.1, 0.15) is 12.5 Å². The summed E-state index contributed by atoms with van der Waals surface area (Å²) in [5, 5.41) is 11.4. The fraction of sp³-hybridized carbons (Fsp3) is 0.500. The van der Waals surface area contributed by atoms with E-state index >= 15 is 0 Å².